The van der Waals surface area contributed by atoms with Crippen molar-refractivity contribution in [1.29, 1.82) is 0 Å². The second-order valence-corrected chi connectivity index (χ2v) is 6.52. The number of carbonyl (C=O) groups is 1. The molecule has 1 aromatic rings. The van der Waals surface area contributed by atoms with Gasteiger partial charge in [0.15, 0.2) is 0 Å². The Labute approximate surface area is 135 Å². The molecule has 1 amide bonds. The molecule has 1 saturated carbocycles. The number of aryl methyl sites for hydroxylation is 1. The molecule has 1 aliphatic carbocycles. The number of nitrogens with zero attached hydrogens (tertiary/aromatic N) is 1. The zero-order valence-corrected chi connectivity index (χ0v) is 14.4. The number of hydrogen-bond donors (Lipinski definition) is 1. The molecule has 122 valence electrons. The third-order valence-electron chi connectivity index (χ3n) is 4.93. The zero-order chi connectivity index (χ0) is 16.1. The van der Waals surface area contributed by atoms with Crippen molar-refractivity contribution in [2.45, 2.75) is 46.6 Å². The average Bonchev–Trinajstić information content (AvgIpc) is 3.36. The van der Waals surface area contributed by atoms with Crippen molar-refractivity contribution in [2.24, 2.45) is 11.8 Å². The van der Waals surface area contributed by atoms with Crippen LogP contribution in [0.3, 0.4) is 0 Å². The molecule has 0 radical (unpaired) electrons. The number of hydrogen-bond acceptors (Lipinski definition) is 2. The summed E-state index contributed by atoms with van der Waals surface area (Å²) >= 11 is 0. The van der Waals surface area contributed by atoms with Crippen LogP contribution in [0.1, 0.15) is 50.8 Å². The molecule has 1 fully saturated rings. The topological polar surface area (TPSA) is 32.3 Å². The summed E-state index contributed by atoms with van der Waals surface area (Å²) in [4.78, 5) is 14.7. The van der Waals surface area contributed by atoms with Gasteiger partial charge >= 0.3 is 0 Å². The van der Waals surface area contributed by atoms with Gasteiger partial charge in [0.1, 0.15) is 0 Å². The highest BCUT2D eigenvalue weighted by molar-refractivity contribution is 5.78. The predicted molar refractivity (Wildman–Crippen MR) is 91.7 cm³/mol. The van der Waals surface area contributed by atoms with E-state index < -0.39 is 0 Å². The second kappa shape index (κ2) is 7.77. The maximum atomic E-state index is 12.3. The first-order valence-corrected chi connectivity index (χ1v) is 8.65. The van der Waals surface area contributed by atoms with Crippen LogP contribution >= 0.6 is 0 Å². The lowest BCUT2D eigenvalue weighted by Crippen LogP contribution is -2.40. The van der Waals surface area contributed by atoms with E-state index in [2.05, 4.69) is 62.2 Å². The summed E-state index contributed by atoms with van der Waals surface area (Å²) in [6, 6.07) is 8.94. The molecular formula is C19H30N2O. The van der Waals surface area contributed by atoms with E-state index in [9.17, 15) is 4.79 Å². The summed E-state index contributed by atoms with van der Waals surface area (Å²) in [6.45, 7) is 11.2. The van der Waals surface area contributed by atoms with E-state index >= 15 is 0 Å². The molecule has 2 unspecified atom stereocenters. The lowest BCUT2D eigenvalue weighted by Gasteiger charge is -2.30. The minimum absolute atomic E-state index is 0.162. The van der Waals surface area contributed by atoms with Crippen molar-refractivity contribution in [3.63, 3.8) is 0 Å². The SMILES string of the molecule is CCN(CC)C(CNC(=O)C(C)C1CC1)c1ccc(C)cc1. The van der Waals surface area contributed by atoms with Gasteiger partial charge in [-0.3, -0.25) is 9.69 Å². The highest BCUT2D eigenvalue weighted by Gasteiger charge is 2.32. The second-order valence-electron chi connectivity index (χ2n) is 6.52. The van der Waals surface area contributed by atoms with Gasteiger partial charge in [-0.05, 0) is 44.3 Å². The van der Waals surface area contributed by atoms with Crippen molar-refractivity contribution in [3.8, 4) is 0 Å². The molecule has 3 nitrogen and oxygen atoms in total. The fourth-order valence-electron chi connectivity index (χ4n) is 3.08. The van der Waals surface area contributed by atoms with Crippen LogP contribution in [0, 0.1) is 18.8 Å². The molecule has 2 rings (SSSR count). The van der Waals surface area contributed by atoms with E-state index in [0.29, 0.717) is 12.5 Å². The molecule has 3 heteroatoms. The summed E-state index contributed by atoms with van der Waals surface area (Å²) in [6.07, 6.45) is 2.43. The van der Waals surface area contributed by atoms with E-state index in [1.807, 2.05) is 0 Å². The fourth-order valence-corrected chi connectivity index (χ4v) is 3.08. The number of carbonyl (C=O) groups excluding carboxylic acids is 1. The standard InChI is InChI=1S/C19H30N2O/c1-5-21(6-2)18(17-9-7-14(3)8-10-17)13-20-19(22)15(4)16-11-12-16/h7-10,15-16,18H,5-6,11-13H2,1-4H3,(H,20,22). The number of nitrogens with one attached hydrogen (secondary N) is 1. The number of likely N-dealkylation sites (N-methyl/N-ethyl adjacent to an activating group) is 1. The maximum Gasteiger partial charge on any atom is 0.223 e. The van der Waals surface area contributed by atoms with Crippen LogP contribution in [0.5, 0.6) is 0 Å². The molecular weight excluding hydrogens is 272 g/mol. The molecule has 0 aromatic heterocycles. The van der Waals surface area contributed by atoms with Crippen molar-refractivity contribution in [3.05, 3.63) is 35.4 Å². The Morgan fingerprint density at radius 3 is 2.32 bits per heavy atom. The highest BCUT2D eigenvalue weighted by Crippen LogP contribution is 2.36. The van der Waals surface area contributed by atoms with E-state index in [-0.39, 0.29) is 17.9 Å². The van der Waals surface area contributed by atoms with Gasteiger partial charge < -0.3 is 5.32 Å². The molecule has 22 heavy (non-hydrogen) atoms. The van der Waals surface area contributed by atoms with Crippen LogP contribution in [-0.2, 0) is 4.79 Å². The van der Waals surface area contributed by atoms with E-state index in [1.165, 1.54) is 24.0 Å². The normalized spacial score (nSPS) is 17.3. The van der Waals surface area contributed by atoms with Crippen LogP contribution in [0.4, 0.5) is 0 Å². The lowest BCUT2D eigenvalue weighted by atomic mass is 10.0. The van der Waals surface area contributed by atoms with E-state index in [1.54, 1.807) is 0 Å². The molecule has 0 heterocycles. The summed E-state index contributed by atoms with van der Waals surface area (Å²) in [7, 11) is 0. The van der Waals surface area contributed by atoms with Crippen LogP contribution in [0.15, 0.2) is 24.3 Å². The Balaban J connectivity index is 2.03. The molecule has 1 N–H and O–H groups in total. The molecule has 0 spiro atoms. The van der Waals surface area contributed by atoms with Crippen LogP contribution in [0.2, 0.25) is 0 Å². The molecule has 2 atom stereocenters. The molecule has 0 bridgehead atoms. The summed E-state index contributed by atoms with van der Waals surface area (Å²) in [5, 5.41) is 3.19. The van der Waals surface area contributed by atoms with Gasteiger partial charge in [0, 0.05) is 12.5 Å². The van der Waals surface area contributed by atoms with Gasteiger partial charge in [-0.2, -0.15) is 0 Å². The van der Waals surface area contributed by atoms with Crippen molar-refractivity contribution < 1.29 is 4.79 Å². The molecule has 0 aliphatic heterocycles. The monoisotopic (exact) mass is 302 g/mol. The summed E-state index contributed by atoms with van der Waals surface area (Å²) in [5.74, 6) is 0.994. The Kier molecular flexibility index (Phi) is 6.01. The van der Waals surface area contributed by atoms with Crippen molar-refractivity contribution in [1.82, 2.24) is 10.2 Å². The number of benzene rings is 1. The van der Waals surface area contributed by atoms with Crippen molar-refractivity contribution in [2.75, 3.05) is 19.6 Å². The molecule has 0 saturated heterocycles. The van der Waals surface area contributed by atoms with Gasteiger partial charge in [0.05, 0.1) is 6.04 Å². The third kappa shape index (κ3) is 4.33. The largest absolute Gasteiger partial charge is 0.354 e. The predicted octanol–water partition coefficient (Wildman–Crippen LogP) is 3.54. The quantitative estimate of drug-likeness (QED) is 0.796. The van der Waals surface area contributed by atoms with Crippen LogP contribution in [0.25, 0.3) is 0 Å². The van der Waals surface area contributed by atoms with Gasteiger partial charge in [-0.1, -0.05) is 50.6 Å². The van der Waals surface area contributed by atoms with Crippen LogP contribution < -0.4 is 5.32 Å². The van der Waals surface area contributed by atoms with Gasteiger partial charge in [-0.25, -0.2) is 0 Å². The Bertz CT molecular complexity index is 475. The van der Waals surface area contributed by atoms with E-state index in [4.69, 9.17) is 0 Å². The fraction of sp³-hybridized carbons (Fsp3) is 0.632. The Hall–Kier alpha value is -1.35. The first-order valence-electron chi connectivity index (χ1n) is 8.65. The third-order valence-corrected chi connectivity index (χ3v) is 4.93. The first-order chi connectivity index (χ1) is 10.6. The minimum atomic E-state index is 0.162. The lowest BCUT2D eigenvalue weighted by molar-refractivity contribution is -0.125. The highest BCUT2D eigenvalue weighted by atomic mass is 16.1. The van der Waals surface area contributed by atoms with Crippen molar-refractivity contribution >= 4 is 5.91 Å². The van der Waals surface area contributed by atoms with Gasteiger partial charge in [0.2, 0.25) is 5.91 Å². The molecule has 1 aromatic carbocycles. The number of rotatable bonds is 8. The zero-order valence-electron chi connectivity index (χ0n) is 14.4. The van der Waals surface area contributed by atoms with Gasteiger partial charge in [0.25, 0.3) is 0 Å². The van der Waals surface area contributed by atoms with Gasteiger partial charge in [-0.15, -0.1) is 0 Å². The summed E-state index contributed by atoms with van der Waals surface area (Å²) < 4.78 is 0. The Morgan fingerprint density at radius 2 is 1.82 bits per heavy atom. The average molecular weight is 302 g/mol. The maximum absolute atomic E-state index is 12.3. The smallest absolute Gasteiger partial charge is 0.223 e. The van der Waals surface area contributed by atoms with Crippen LogP contribution in [-0.4, -0.2) is 30.4 Å². The van der Waals surface area contributed by atoms with E-state index in [0.717, 1.165) is 13.1 Å². The number of amides is 1. The Morgan fingerprint density at radius 1 is 1.23 bits per heavy atom. The minimum Gasteiger partial charge on any atom is -0.354 e. The molecule has 1 aliphatic rings. The first kappa shape index (κ1) is 17.0. The summed E-state index contributed by atoms with van der Waals surface area (Å²) in [5.41, 5.74) is 2.56.